The van der Waals surface area contributed by atoms with Gasteiger partial charge in [-0.15, -0.1) is 11.3 Å². The first-order valence-corrected chi connectivity index (χ1v) is 7.61. The summed E-state index contributed by atoms with van der Waals surface area (Å²) in [4.78, 5) is 0.715. The van der Waals surface area contributed by atoms with Crippen LogP contribution in [0.2, 0.25) is 0 Å². The van der Waals surface area contributed by atoms with Crippen LogP contribution in [0, 0.1) is 0 Å². The number of ether oxygens (including phenoxy) is 1. The Balaban J connectivity index is 2.26. The van der Waals surface area contributed by atoms with E-state index in [1.54, 1.807) is 18.6 Å². The minimum absolute atomic E-state index is 0.0269. The smallest absolute Gasteiger partial charge is 0.244 e. The SMILES string of the molecule is COC1CCN(S(=O)(=O)c2ccsc2CO)C1. The number of methoxy groups -OCH3 is 1. The molecule has 1 aliphatic rings. The van der Waals surface area contributed by atoms with E-state index in [2.05, 4.69) is 0 Å². The van der Waals surface area contributed by atoms with Crippen molar-refractivity contribution in [1.82, 2.24) is 4.31 Å². The molecule has 1 aromatic heterocycles. The van der Waals surface area contributed by atoms with Crippen molar-refractivity contribution < 1.29 is 18.3 Å². The summed E-state index contributed by atoms with van der Waals surface area (Å²) in [6, 6.07) is 1.55. The molecule has 17 heavy (non-hydrogen) atoms. The van der Waals surface area contributed by atoms with Gasteiger partial charge in [-0.25, -0.2) is 8.42 Å². The molecule has 0 spiro atoms. The molecule has 0 amide bonds. The second-order valence-corrected chi connectivity index (χ2v) is 6.78. The van der Waals surface area contributed by atoms with E-state index in [1.165, 1.54) is 15.6 Å². The topological polar surface area (TPSA) is 66.8 Å². The van der Waals surface area contributed by atoms with E-state index in [4.69, 9.17) is 9.84 Å². The van der Waals surface area contributed by atoms with Gasteiger partial charge in [-0.1, -0.05) is 0 Å². The molecule has 7 heteroatoms. The molecule has 0 bridgehead atoms. The van der Waals surface area contributed by atoms with Gasteiger partial charge in [0.25, 0.3) is 0 Å². The average Bonchev–Trinajstić information content (AvgIpc) is 2.97. The van der Waals surface area contributed by atoms with Crippen LogP contribution in [0.3, 0.4) is 0 Å². The van der Waals surface area contributed by atoms with Crippen molar-refractivity contribution in [2.45, 2.75) is 24.0 Å². The molecule has 1 fully saturated rings. The van der Waals surface area contributed by atoms with E-state index in [9.17, 15) is 8.42 Å². The van der Waals surface area contributed by atoms with Gasteiger partial charge in [-0.3, -0.25) is 0 Å². The average molecular weight is 277 g/mol. The summed E-state index contributed by atoms with van der Waals surface area (Å²) >= 11 is 1.25. The first kappa shape index (κ1) is 13.0. The standard InChI is InChI=1S/C10H15NO4S2/c1-15-8-2-4-11(6-8)17(13,14)10-3-5-16-9(10)7-12/h3,5,8,12H,2,4,6-7H2,1H3. The molecule has 1 aliphatic heterocycles. The van der Waals surface area contributed by atoms with Crippen LogP contribution in [0.25, 0.3) is 0 Å². The summed E-state index contributed by atoms with van der Waals surface area (Å²) in [5, 5.41) is 10.8. The fourth-order valence-electron chi connectivity index (χ4n) is 1.92. The third-order valence-corrected chi connectivity index (χ3v) is 5.89. The molecule has 1 aromatic rings. The molecule has 0 saturated carbocycles. The van der Waals surface area contributed by atoms with E-state index in [-0.39, 0.29) is 17.6 Å². The summed E-state index contributed by atoms with van der Waals surface area (Å²) in [5.74, 6) is 0. The number of rotatable bonds is 4. The van der Waals surface area contributed by atoms with Gasteiger partial charge in [0, 0.05) is 25.1 Å². The number of aliphatic hydroxyl groups excluding tert-OH is 1. The maximum Gasteiger partial charge on any atom is 0.244 e. The lowest BCUT2D eigenvalue weighted by molar-refractivity contribution is 0.115. The fraction of sp³-hybridized carbons (Fsp3) is 0.600. The highest BCUT2D eigenvalue weighted by Crippen LogP contribution is 2.27. The van der Waals surface area contributed by atoms with Crippen molar-refractivity contribution in [2.75, 3.05) is 20.2 Å². The Bertz CT molecular complexity index is 482. The van der Waals surface area contributed by atoms with Crippen LogP contribution in [0.15, 0.2) is 16.3 Å². The lowest BCUT2D eigenvalue weighted by atomic mass is 10.3. The zero-order valence-corrected chi connectivity index (χ0v) is 11.1. The highest BCUT2D eigenvalue weighted by atomic mass is 32.2. The van der Waals surface area contributed by atoms with E-state index in [1.807, 2.05) is 0 Å². The van der Waals surface area contributed by atoms with Crippen LogP contribution >= 0.6 is 11.3 Å². The number of thiophene rings is 1. The van der Waals surface area contributed by atoms with Crippen LogP contribution in [0.1, 0.15) is 11.3 Å². The van der Waals surface area contributed by atoms with Gasteiger partial charge in [0.2, 0.25) is 10.0 Å². The largest absolute Gasteiger partial charge is 0.391 e. The van der Waals surface area contributed by atoms with Crippen LogP contribution in [0.4, 0.5) is 0 Å². The molecule has 96 valence electrons. The van der Waals surface area contributed by atoms with E-state index in [0.29, 0.717) is 24.4 Å². The van der Waals surface area contributed by atoms with Gasteiger partial charge in [0.15, 0.2) is 0 Å². The summed E-state index contributed by atoms with van der Waals surface area (Å²) in [6.45, 7) is 0.620. The number of hydrogen-bond acceptors (Lipinski definition) is 5. The second-order valence-electron chi connectivity index (χ2n) is 3.88. The molecule has 1 saturated heterocycles. The van der Waals surface area contributed by atoms with Crippen molar-refractivity contribution in [2.24, 2.45) is 0 Å². The van der Waals surface area contributed by atoms with Crippen LogP contribution < -0.4 is 0 Å². The number of sulfonamides is 1. The van der Waals surface area contributed by atoms with Gasteiger partial charge in [-0.05, 0) is 17.9 Å². The van der Waals surface area contributed by atoms with Crippen LogP contribution in [0.5, 0.6) is 0 Å². The maximum absolute atomic E-state index is 12.3. The molecule has 0 aliphatic carbocycles. The summed E-state index contributed by atoms with van der Waals surface area (Å²) < 4.78 is 31.2. The minimum Gasteiger partial charge on any atom is -0.391 e. The third-order valence-electron chi connectivity index (χ3n) is 2.91. The molecular formula is C10H15NO4S2. The monoisotopic (exact) mass is 277 g/mol. The van der Waals surface area contributed by atoms with Gasteiger partial charge in [-0.2, -0.15) is 4.31 Å². The van der Waals surface area contributed by atoms with Crippen molar-refractivity contribution in [3.63, 3.8) is 0 Å². The molecule has 0 aromatic carbocycles. The Hall–Kier alpha value is -0.470. The van der Waals surface area contributed by atoms with Crippen molar-refractivity contribution in [3.05, 3.63) is 16.3 Å². The number of aliphatic hydroxyl groups is 1. The molecule has 2 heterocycles. The molecular weight excluding hydrogens is 262 g/mol. The lowest BCUT2D eigenvalue weighted by Crippen LogP contribution is -2.30. The molecule has 2 rings (SSSR count). The Morgan fingerprint density at radius 1 is 1.65 bits per heavy atom. The molecule has 5 nitrogen and oxygen atoms in total. The highest BCUT2D eigenvalue weighted by molar-refractivity contribution is 7.89. The number of nitrogens with zero attached hydrogens (tertiary/aromatic N) is 1. The zero-order valence-electron chi connectivity index (χ0n) is 9.50. The predicted octanol–water partition coefficient (Wildman–Crippen LogP) is 0.650. The summed E-state index contributed by atoms with van der Waals surface area (Å²) in [7, 11) is -1.89. The maximum atomic E-state index is 12.3. The van der Waals surface area contributed by atoms with Crippen molar-refractivity contribution >= 4 is 21.4 Å². The van der Waals surface area contributed by atoms with Gasteiger partial charge in [0.1, 0.15) is 0 Å². The van der Waals surface area contributed by atoms with Crippen LogP contribution in [-0.4, -0.2) is 44.1 Å². The first-order chi connectivity index (χ1) is 8.09. The van der Waals surface area contributed by atoms with E-state index < -0.39 is 10.0 Å². The Morgan fingerprint density at radius 3 is 3.00 bits per heavy atom. The molecule has 1 N–H and O–H groups in total. The van der Waals surface area contributed by atoms with Crippen LogP contribution in [-0.2, 0) is 21.4 Å². The molecule has 1 atom stereocenters. The Labute approximate surface area is 105 Å². The molecule has 1 unspecified atom stereocenters. The fourth-order valence-corrected chi connectivity index (χ4v) is 4.67. The quantitative estimate of drug-likeness (QED) is 0.877. The first-order valence-electron chi connectivity index (χ1n) is 5.29. The lowest BCUT2D eigenvalue weighted by Gasteiger charge is -2.16. The summed E-state index contributed by atoms with van der Waals surface area (Å²) in [5.41, 5.74) is 0. The van der Waals surface area contributed by atoms with E-state index >= 15 is 0 Å². The Kier molecular flexibility index (Phi) is 3.84. The zero-order chi connectivity index (χ0) is 12.5. The predicted molar refractivity (Wildman–Crippen MR) is 64.4 cm³/mol. The third kappa shape index (κ3) is 2.38. The number of hydrogen-bond donors (Lipinski definition) is 1. The van der Waals surface area contributed by atoms with E-state index in [0.717, 1.165) is 0 Å². The van der Waals surface area contributed by atoms with Gasteiger partial charge >= 0.3 is 0 Å². The summed E-state index contributed by atoms with van der Waals surface area (Å²) in [6.07, 6.45) is 0.690. The highest BCUT2D eigenvalue weighted by Gasteiger charge is 2.34. The van der Waals surface area contributed by atoms with Crippen molar-refractivity contribution in [1.29, 1.82) is 0 Å². The van der Waals surface area contributed by atoms with Crippen molar-refractivity contribution in [3.8, 4) is 0 Å². The van der Waals surface area contributed by atoms with Gasteiger partial charge < -0.3 is 9.84 Å². The normalized spacial score (nSPS) is 22.1. The second kappa shape index (κ2) is 5.03. The Morgan fingerprint density at radius 2 is 2.41 bits per heavy atom. The molecule has 0 radical (unpaired) electrons. The van der Waals surface area contributed by atoms with Gasteiger partial charge in [0.05, 0.1) is 17.6 Å². The minimum atomic E-state index is -3.48.